The van der Waals surface area contributed by atoms with E-state index in [9.17, 15) is 0 Å². The molecule has 0 radical (unpaired) electrons. The van der Waals surface area contributed by atoms with Gasteiger partial charge in [-0.05, 0) is 17.2 Å². The summed E-state index contributed by atoms with van der Waals surface area (Å²) < 4.78 is 5.78. The van der Waals surface area contributed by atoms with Crippen LogP contribution >= 0.6 is 23.4 Å². The Bertz CT molecular complexity index is 572. The minimum atomic E-state index is -0.0259. The van der Waals surface area contributed by atoms with Gasteiger partial charge in [-0.2, -0.15) is 0 Å². The SMILES string of the molecule is CO[C@H]1c2ccccc2SC[C@@H]1[C@@H](Cl)c1ccccc1. The zero-order chi connectivity index (χ0) is 13.9. The number of hydrogen-bond acceptors (Lipinski definition) is 2. The number of methoxy groups -OCH3 is 1. The van der Waals surface area contributed by atoms with Gasteiger partial charge in [0, 0.05) is 23.7 Å². The van der Waals surface area contributed by atoms with Gasteiger partial charge >= 0.3 is 0 Å². The van der Waals surface area contributed by atoms with Crippen LogP contribution in [0.1, 0.15) is 22.6 Å². The minimum Gasteiger partial charge on any atom is -0.376 e. The first-order valence-corrected chi connectivity index (χ1v) is 8.17. The number of rotatable bonds is 3. The standard InChI is InChI=1S/C17H17ClOS/c1-19-17-13-9-5-6-10-15(13)20-11-14(17)16(18)12-7-3-2-4-8-12/h2-10,14,16-17H,11H2,1H3/t14-,16+,17+/m1/s1. The summed E-state index contributed by atoms with van der Waals surface area (Å²) in [6.45, 7) is 0. The molecule has 2 aromatic carbocycles. The molecular formula is C17H17ClOS. The fraction of sp³-hybridized carbons (Fsp3) is 0.294. The lowest BCUT2D eigenvalue weighted by atomic mass is 9.90. The molecule has 0 spiro atoms. The van der Waals surface area contributed by atoms with Crippen LogP contribution in [0.5, 0.6) is 0 Å². The Morgan fingerprint density at radius 3 is 2.55 bits per heavy atom. The van der Waals surface area contributed by atoms with Crippen molar-refractivity contribution in [3.05, 3.63) is 65.7 Å². The zero-order valence-corrected chi connectivity index (χ0v) is 12.9. The Hall–Kier alpha value is -0.960. The Morgan fingerprint density at radius 1 is 1.10 bits per heavy atom. The Balaban J connectivity index is 1.91. The van der Waals surface area contributed by atoms with Gasteiger partial charge in [-0.15, -0.1) is 23.4 Å². The average Bonchev–Trinajstić information content (AvgIpc) is 2.54. The Morgan fingerprint density at radius 2 is 1.80 bits per heavy atom. The molecule has 2 aromatic rings. The number of halogens is 1. The average molecular weight is 305 g/mol. The van der Waals surface area contributed by atoms with Crippen molar-refractivity contribution in [2.45, 2.75) is 16.4 Å². The van der Waals surface area contributed by atoms with Gasteiger partial charge in [0.2, 0.25) is 0 Å². The van der Waals surface area contributed by atoms with Crippen LogP contribution in [0.4, 0.5) is 0 Å². The van der Waals surface area contributed by atoms with E-state index in [-0.39, 0.29) is 17.4 Å². The molecular weight excluding hydrogens is 288 g/mol. The van der Waals surface area contributed by atoms with Gasteiger partial charge in [0.1, 0.15) is 0 Å². The smallest absolute Gasteiger partial charge is 0.0885 e. The third kappa shape index (κ3) is 2.60. The molecule has 0 N–H and O–H groups in total. The van der Waals surface area contributed by atoms with Crippen molar-refractivity contribution in [3.8, 4) is 0 Å². The fourth-order valence-electron chi connectivity index (χ4n) is 2.77. The zero-order valence-electron chi connectivity index (χ0n) is 11.3. The van der Waals surface area contributed by atoms with Crippen LogP contribution in [-0.4, -0.2) is 12.9 Å². The number of alkyl halides is 1. The first kappa shape index (κ1) is 14.0. The van der Waals surface area contributed by atoms with Crippen LogP contribution < -0.4 is 0 Å². The predicted molar refractivity (Wildman–Crippen MR) is 85.4 cm³/mol. The summed E-state index contributed by atoms with van der Waals surface area (Å²) in [7, 11) is 1.78. The molecule has 0 saturated heterocycles. The van der Waals surface area contributed by atoms with E-state index in [0.29, 0.717) is 0 Å². The second-order valence-corrected chi connectivity index (χ2v) is 6.51. The Labute approximate surface area is 129 Å². The van der Waals surface area contributed by atoms with Crippen LogP contribution in [0.25, 0.3) is 0 Å². The molecule has 1 nitrogen and oxygen atoms in total. The normalized spacial score (nSPS) is 23.1. The number of benzene rings is 2. The topological polar surface area (TPSA) is 9.23 Å². The monoisotopic (exact) mass is 304 g/mol. The van der Waals surface area contributed by atoms with Crippen LogP contribution in [0.15, 0.2) is 59.5 Å². The van der Waals surface area contributed by atoms with E-state index in [0.717, 1.165) is 5.75 Å². The summed E-state index contributed by atoms with van der Waals surface area (Å²) in [5, 5.41) is -0.0259. The van der Waals surface area contributed by atoms with E-state index in [4.69, 9.17) is 16.3 Å². The number of ether oxygens (including phenoxy) is 1. The van der Waals surface area contributed by atoms with Crippen molar-refractivity contribution in [2.24, 2.45) is 5.92 Å². The van der Waals surface area contributed by atoms with Gasteiger partial charge < -0.3 is 4.74 Å². The van der Waals surface area contributed by atoms with E-state index >= 15 is 0 Å². The first-order chi connectivity index (χ1) is 9.81. The highest BCUT2D eigenvalue weighted by Gasteiger charge is 2.35. The molecule has 20 heavy (non-hydrogen) atoms. The Kier molecular flexibility index (Phi) is 4.35. The summed E-state index contributed by atoms with van der Waals surface area (Å²) in [6.07, 6.45) is 0.0650. The number of hydrogen-bond donors (Lipinski definition) is 0. The second-order valence-electron chi connectivity index (χ2n) is 4.98. The number of fused-ring (bicyclic) bond motifs is 1. The molecule has 104 valence electrons. The van der Waals surface area contributed by atoms with E-state index in [1.807, 2.05) is 30.0 Å². The molecule has 3 rings (SSSR count). The summed E-state index contributed by atoms with van der Waals surface area (Å²) in [5.41, 5.74) is 2.43. The molecule has 0 bridgehead atoms. The van der Waals surface area contributed by atoms with Gasteiger partial charge in [0.25, 0.3) is 0 Å². The van der Waals surface area contributed by atoms with Crippen LogP contribution in [-0.2, 0) is 4.74 Å². The molecule has 1 heterocycles. The van der Waals surface area contributed by atoms with Gasteiger partial charge in [0.05, 0.1) is 11.5 Å². The van der Waals surface area contributed by atoms with E-state index < -0.39 is 0 Å². The first-order valence-electron chi connectivity index (χ1n) is 6.75. The molecule has 1 aliphatic rings. The van der Waals surface area contributed by atoms with E-state index in [1.165, 1.54) is 16.0 Å². The summed E-state index contributed by atoms with van der Waals surface area (Å²) >= 11 is 8.61. The van der Waals surface area contributed by atoms with Crippen molar-refractivity contribution in [1.82, 2.24) is 0 Å². The largest absolute Gasteiger partial charge is 0.376 e. The van der Waals surface area contributed by atoms with E-state index in [1.54, 1.807) is 7.11 Å². The highest BCUT2D eigenvalue weighted by molar-refractivity contribution is 7.99. The highest BCUT2D eigenvalue weighted by atomic mass is 35.5. The van der Waals surface area contributed by atoms with Crippen molar-refractivity contribution in [2.75, 3.05) is 12.9 Å². The number of thioether (sulfide) groups is 1. The van der Waals surface area contributed by atoms with Gasteiger partial charge in [-0.25, -0.2) is 0 Å². The highest BCUT2D eigenvalue weighted by Crippen LogP contribution is 2.48. The second kappa shape index (κ2) is 6.21. The molecule has 0 amide bonds. The van der Waals surface area contributed by atoms with Crippen LogP contribution in [0, 0.1) is 5.92 Å². The van der Waals surface area contributed by atoms with Crippen LogP contribution in [0.2, 0.25) is 0 Å². The molecule has 3 heteroatoms. The molecule has 0 aromatic heterocycles. The fourth-order valence-corrected chi connectivity index (χ4v) is 4.51. The van der Waals surface area contributed by atoms with Gasteiger partial charge in [0.15, 0.2) is 0 Å². The van der Waals surface area contributed by atoms with Gasteiger partial charge in [-0.1, -0.05) is 48.5 Å². The predicted octanol–water partition coefficient (Wildman–Crippen LogP) is 5.08. The van der Waals surface area contributed by atoms with Crippen molar-refractivity contribution in [3.63, 3.8) is 0 Å². The molecule has 1 aliphatic heterocycles. The molecule has 0 unspecified atom stereocenters. The molecule has 0 saturated carbocycles. The maximum atomic E-state index is 6.73. The summed E-state index contributed by atoms with van der Waals surface area (Å²) in [4.78, 5) is 1.31. The van der Waals surface area contributed by atoms with Crippen LogP contribution in [0.3, 0.4) is 0 Å². The third-order valence-corrected chi connectivity index (χ3v) is 5.60. The maximum Gasteiger partial charge on any atom is 0.0885 e. The van der Waals surface area contributed by atoms with Crippen molar-refractivity contribution >= 4 is 23.4 Å². The molecule has 0 fully saturated rings. The molecule has 3 atom stereocenters. The lowest BCUT2D eigenvalue weighted by Gasteiger charge is -2.35. The summed E-state index contributed by atoms with van der Waals surface area (Å²) in [6, 6.07) is 18.7. The lowest BCUT2D eigenvalue weighted by Crippen LogP contribution is -2.25. The lowest BCUT2D eigenvalue weighted by molar-refractivity contribution is 0.0539. The van der Waals surface area contributed by atoms with E-state index in [2.05, 4.69) is 36.4 Å². The quantitative estimate of drug-likeness (QED) is 0.732. The summed E-state index contributed by atoms with van der Waals surface area (Å²) in [5.74, 6) is 1.27. The maximum absolute atomic E-state index is 6.73. The van der Waals surface area contributed by atoms with Crippen molar-refractivity contribution < 1.29 is 4.74 Å². The minimum absolute atomic E-state index is 0.0259. The third-order valence-electron chi connectivity index (χ3n) is 3.79. The van der Waals surface area contributed by atoms with Gasteiger partial charge in [-0.3, -0.25) is 0 Å². The molecule has 0 aliphatic carbocycles. The van der Waals surface area contributed by atoms with Crippen molar-refractivity contribution in [1.29, 1.82) is 0 Å².